The van der Waals surface area contributed by atoms with Gasteiger partial charge < -0.3 is 0 Å². The van der Waals surface area contributed by atoms with E-state index in [9.17, 15) is 0 Å². The van der Waals surface area contributed by atoms with E-state index in [-0.39, 0.29) is 0 Å². The van der Waals surface area contributed by atoms with E-state index in [1.165, 1.54) is 5.56 Å². The summed E-state index contributed by atoms with van der Waals surface area (Å²) >= 11 is 7.91. The molecule has 4 heteroatoms. The van der Waals surface area contributed by atoms with Gasteiger partial charge in [0.2, 0.25) is 0 Å². The molecule has 18 heavy (non-hydrogen) atoms. The number of thiophene rings is 1. The van der Waals surface area contributed by atoms with Gasteiger partial charge in [-0.15, -0.1) is 0 Å². The number of halogens is 1. The summed E-state index contributed by atoms with van der Waals surface area (Å²) in [4.78, 5) is 9.06. The smallest absolute Gasteiger partial charge is 0.162 e. The van der Waals surface area contributed by atoms with Crippen LogP contribution in [0.4, 0.5) is 0 Å². The lowest BCUT2D eigenvalue weighted by atomic mass is 10.1. The van der Waals surface area contributed by atoms with Crippen molar-refractivity contribution >= 4 is 33.8 Å². The first-order valence-corrected chi connectivity index (χ1v) is 6.95. The first-order chi connectivity index (χ1) is 8.66. The number of aryl methyl sites for hydroxylation is 2. The molecule has 0 spiro atoms. The third-order valence-corrected chi connectivity index (χ3v) is 4.13. The maximum atomic E-state index is 6.26. The molecule has 0 atom stereocenters. The van der Waals surface area contributed by atoms with Crippen LogP contribution >= 0.6 is 22.9 Å². The van der Waals surface area contributed by atoms with Gasteiger partial charge in [0.15, 0.2) is 5.82 Å². The second-order valence-corrected chi connectivity index (χ2v) is 5.38. The highest BCUT2D eigenvalue weighted by molar-refractivity contribution is 7.08. The van der Waals surface area contributed by atoms with Crippen molar-refractivity contribution in [1.29, 1.82) is 0 Å². The van der Waals surface area contributed by atoms with Crippen LogP contribution in [0.2, 0.25) is 5.15 Å². The van der Waals surface area contributed by atoms with E-state index in [0.717, 1.165) is 22.0 Å². The Morgan fingerprint density at radius 3 is 2.61 bits per heavy atom. The highest BCUT2D eigenvalue weighted by Crippen LogP contribution is 2.29. The highest BCUT2D eigenvalue weighted by Gasteiger charge is 2.11. The van der Waals surface area contributed by atoms with E-state index in [0.29, 0.717) is 11.0 Å². The minimum atomic E-state index is 0.518. The van der Waals surface area contributed by atoms with Crippen LogP contribution in [-0.4, -0.2) is 9.97 Å². The van der Waals surface area contributed by atoms with Gasteiger partial charge in [0, 0.05) is 16.3 Å². The molecule has 3 aromatic rings. The van der Waals surface area contributed by atoms with Crippen molar-refractivity contribution in [3.8, 4) is 11.4 Å². The second kappa shape index (κ2) is 4.34. The molecule has 2 nitrogen and oxygen atoms in total. The standard InChI is InChI=1S/C14H11ClN2S/c1-8-4-3-5-10-12(8)16-14(17-13(10)15)11-7-18-6-9(11)2/h3-7H,1-2H3. The molecule has 0 radical (unpaired) electrons. The van der Waals surface area contributed by atoms with Crippen molar-refractivity contribution in [3.63, 3.8) is 0 Å². The van der Waals surface area contributed by atoms with Crippen LogP contribution in [0, 0.1) is 13.8 Å². The van der Waals surface area contributed by atoms with Crippen LogP contribution < -0.4 is 0 Å². The molecule has 0 saturated heterocycles. The van der Waals surface area contributed by atoms with Gasteiger partial charge in [-0.3, -0.25) is 0 Å². The number of hydrogen-bond donors (Lipinski definition) is 0. The topological polar surface area (TPSA) is 25.8 Å². The molecule has 0 aliphatic rings. The molecule has 0 aliphatic heterocycles. The fraction of sp³-hybridized carbons (Fsp3) is 0.143. The zero-order valence-electron chi connectivity index (χ0n) is 10.1. The Morgan fingerprint density at radius 1 is 1.06 bits per heavy atom. The molecule has 2 heterocycles. The summed E-state index contributed by atoms with van der Waals surface area (Å²) in [7, 11) is 0. The van der Waals surface area contributed by atoms with Gasteiger partial charge in [-0.05, 0) is 36.4 Å². The molecule has 1 aromatic carbocycles. The van der Waals surface area contributed by atoms with Crippen LogP contribution in [0.1, 0.15) is 11.1 Å². The molecule has 0 N–H and O–H groups in total. The minimum absolute atomic E-state index is 0.518. The normalized spacial score (nSPS) is 11.1. The van der Waals surface area contributed by atoms with Crippen molar-refractivity contribution in [2.75, 3.05) is 0 Å². The number of nitrogens with zero attached hydrogens (tertiary/aromatic N) is 2. The Labute approximate surface area is 114 Å². The predicted octanol–water partition coefficient (Wildman–Crippen LogP) is 4.63. The van der Waals surface area contributed by atoms with Crippen molar-refractivity contribution in [2.45, 2.75) is 13.8 Å². The van der Waals surface area contributed by atoms with E-state index in [2.05, 4.69) is 27.7 Å². The fourth-order valence-corrected chi connectivity index (χ4v) is 3.03. The van der Waals surface area contributed by atoms with Gasteiger partial charge in [-0.1, -0.05) is 23.7 Å². The highest BCUT2D eigenvalue weighted by atomic mass is 35.5. The lowest BCUT2D eigenvalue weighted by Gasteiger charge is -2.06. The summed E-state index contributed by atoms with van der Waals surface area (Å²) in [5.74, 6) is 0.709. The molecule has 90 valence electrons. The van der Waals surface area contributed by atoms with Crippen LogP contribution in [-0.2, 0) is 0 Å². The first-order valence-electron chi connectivity index (χ1n) is 5.63. The maximum absolute atomic E-state index is 6.26. The van der Waals surface area contributed by atoms with Gasteiger partial charge in [0.1, 0.15) is 5.15 Å². The zero-order chi connectivity index (χ0) is 12.7. The predicted molar refractivity (Wildman–Crippen MR) is 77.3 cm³/mol. The molecule has 0 fully saturated rings. The molecule has 0 amide bonds. The number of hydrogen-bond acceptors (Lipinski definition) is 3. The molecule has 0 saturated carbocycles. The molecule has 0 bridgehead atoms. The summed E-state index contributed by atoms with van der Waals surface area (Å²) in [6, 6.07) is 5.97. The molecule has 3 rings (SSSR count). The summed E-state index contributed by atoms with van der Waals surface area (Å²) < 4.78 is 0. The summed E-state index contributed by atoms with van der Waals surface area (Å²) in [6.07, 6.45) is 0. The number of fused-ring (bicyclic) bond motifs is 1. The van der Waals surface area contributed by atoms with Crippen LogP contribution in [0.15, 0.2) is 29.0 Å². The zero-order valence-corrected chi connectivity index (χ0v) is 11.6. The number of para-hydroxylation sites is 1. The van der Waals surface area contributed by atoms with Crippen LogP contribution in [0.25, 0.3) is 22.3 Å². The van der Waals surface area contributed by atoms with Gasteiger partial charge in [0.05, 0.1) is 5.52 Å². The van der Waals surface area contributed by atoms with E-state index in [1.54, 1.807) is 11.3 Å². The SMILES string of the molecule is Cc1cscc1-c1nc(Cl)c2cccc(C)c2n1. The Balaban J connectivity index is 2.34. The van der Waals surface area contributed by atoms with Crippen molar-refractivity contribution in [2.24, 2.45) is 0 Å². The van der Waals surface area contributed by atoms with Crippen molar-refractivity contribution in [1.82, 2.24) is 9.97 Å². The Hall–Kier alpha value is -1.45. The summed E-state index contributed by atoms with van der Waals surface area (Å²) in [5.41, 5.74) is 4.29. The summed E-state index contributed by atoms with van der Waals surface area (Å²) in [6.45, 7) is 4.10. The molecule has 2 aromatic heterocycles. The van der Waals surface area contributed by atoms with Gasteiger partial charge in [-0.25, -0.2) is 9.97 Å². The quantitative estimate of drug-likeness (QED) is 0.605. The third-order valence-electron chi connectivity index (χ3n) is 2.98. The number of benzene rings is 1. The van der Waals surface area contributed by atoms with E-state index in [1.807, 2.05) is 25.1 Å². The third kappa shape index (κ3) is 1.80. The van der Waals surface area contributed by atoms with Crippen molar-refractivity contribution in [3.05, 3.63) is 45.2 Å². The summed E-state index contributed by atoms with van der Waals surface area (Å²) in [5, 5.41) is 5.58. The molecule has 0 aliphatic carbocycles. The number of aromatic nitrogens is 2. The fourth-order valence-electron chi connectivity index (χ4n) is 1.97. The Kier molecular flexibility index (Phi) is 2.80. The van der Waals surface area contributed by atoms with E-state index >= 15 is 0 Å². The van der Waals surface area contributed by atoms with Gasteiger partial charge >= 0.3 is 0 Å². The molecule has 0 unspecified atom stereocenters. The van der Waals surface area contributed by atoms with E-state index in [4.69, 9.17) is 11.6 Å². The first kappa shape index (κ1) is 11.6. The minimum Gasteiger partial charge on any atom is -0.228 e. The Morgan fingerprint density at radius 2 is 1.89 bits per heavy atom. The maximum Gasteiger partial charge on any atom is 0.162 e. The lowest BCUT2D eigenvalue weighted by molar-refractivity contribution is 1.21. The largest absolute Gasteiger partial charge is 0.228 e. The average molecular weight is 275 g/mol. The molecular formula is C14H11ClN2S. The van der Waals surface area contributed by atoms with Crippen LogP contribution in [0.3, 0.4) is 0 Å². The monoisotopic (exact) mass is 274 g/mol. The lowest BCUT2D eigenvalue weighted by Crippen LogP contribution is -1.93. The number of rotatable bonds is 1. The van der Waals surface area contributed by atoms with Crippen molar-refractivity contribution < 1.29 is 0 Å². The van der Waals surface area contributed by atoms with E-state index < -0.39 is 0 Å². The second-order valence-electron chi connectivity index (χ2n) is 4.28. The van der Waals surface area contributed by atoms with Gasteiger partial charge in [0.25, 0.3) is 0 Å². The molecular weight excluding hydrogens is 264 g/mol. The Bertz CT molecular complexity index is 734. The average Bonchev–Trinajstić information content (AvgIpc) is 2.77. The van der Waals surface area contributed by atoms with Crippen LogP contribution in [0.5, 0.6) is 0 Å². The van der Waals surface area contributed by atoms with Gasteiger partial charge in [-0.2, -0.15) is 11.3 Å².